The fourth-order valence-electron chi connectivity index (χ4n) is 7.17. The molecule has 0 amide bonds. The summed E-state index contributed by atoms with van der Waals surface area (Å²) in [5, 5.41) is 11.7. The SMILES string of the molecule is C=C[C@@]1(C)CC(=O)[C@@H]2[C@@]3(C)CCCC(C)(C)[C@@H]3[C@H](O)[C@H](OC(=O)CN(C)C)[C@@]2(C)O1. The van der Waals surface area contributed by atoms with Gasteiger partial charge in [0, 0.05) is 6.42 Å². The first kappa shape index (κ1) is 23.4. The van der Waals surface area contributed by atoms with Gasteiger partial charge in [0.2, 0.25) is 0 Å². The Kier molecular flexibility index (Phi) is 5.79. The Morgan fingerprint density at radius 2 is 1.90 bits per heavy atom. The molecule has 6 nitrogen and oxygen atoms in total. The first-order valence-electron chi connectivity index (χ1n) is 11.1. The van der Waals surface area contributed by atoms with E-state index in [-0.39, 0.29) is 30.1 Å². The normalized spacial score (nSPS) is 45.4. The minimum Gasteiger partial charge on any atom is -0.456 e. The van der Waals surface area contributed by atoms with E-state index in [0.717, 1.165) is 19.3 Å². The third-order valence-corrected chi connectivity index (χ3v) is 7.97. The third-order valence-electron chi connectivity index (χ3n) is 7.97. The van der Waals surface area contributed by atoms with E-state index in [4.69, 9.17) is 9.47 Å². The molecule has 1 N–H and O–H groups in total. The number of esters is 1. The summed E-state index contributed by atoms with van der Waals surface area (Å²) in [5.74, 6) is -0.946. The van der Waals surface area contributed by atoms with Gasteiger partial charge >= 0.3 is 5.97 Å². The lowest BCUT2D eigenvalue weighted by molar-refractivity contribution is -0.307. The number of carbonyl (C=O) groups is 2. The van der Waals surface area contributed by atoms with E-state index in [1.165, 1.54) is 0 Å². The number of rotatable bonds is 4. The summed E-state index contributed by atoms with van der Waals surface area (Å²) in [6.45, 7) is 14.1. The van der Waals surface area contributed by atoms with Crippen LogP contribution in [0.4, 0.5) is 0 Å². The largest absolute Gasteiger partial charge is 0.456 e. The Bertz CT molecular complexity index is 733. The smallest absolute Gasteiger partial charge is 0.320 e. The maximum Gasteiger partial charge on any atom is 0.320 e. The van der Waals surface area contributed by atoms with Gasteiger partial charge in [-0.1, -0.05) is 33.3 Å². The van der Waals surface area contributed by atoms with Gasteiger partial charge in [-0.2, -0.15) is 0 Å². The minimum absolute atomic E-state index is 0.0992. The highest BCUT2D eigenvalue weighted by Gasteiger charge is 2.71. The lowest BCUT2D eigenvalue weighted by atomic mass is 9.42. The number of nitrogens with zero attached hydrogens (tertiary/aromatic N) is 1. The van der Waals surface area contributed by atoms with Gasteiger partial charge in [-0.25, -0.2) is 0 Å². The molecular weight excluding hydrogens is 382 g/mol. The fraction of sp³-hybridized carbons (Fsp3) is 0.833. The number of likely N-dealkylation sites (N-methyl/N-ethyl adjacent to an activating group) is 1. The van der Waals surface area contributed by atoms with E-state index in [1.54, 1.807) is 25.1 Å². The monoisotopic (exact) mass is 421 g/mol. The van der Waals surface area contributed by atoms with Crippen LogP contribution in [0.3, 0.4) is 0 Å². The highest BCUT2D eigenvalue weighted by Crippen LogP contribution is 2.65. The number of hydrogen-bond acceptors (Lipinski definition) is 6. The quantitative estimate of drug-likeness (QED) is 0.556. The summed E-state index contributed by atoms with van der Waals surface area (Å²) < 4.78 is 12.5. The van der Waals surface area contributed by atoms with Gasteiger partial charge in [0.1, 0.15) is 11.4 Å². The van der Waals surface area contributed by atoms with E-state index in [0.29, 0.717) is 0 Å². The predicted molar refractivity (Wildman–Crippen MR) is 115 cm³/mol. The minimum atomic E-state index is -1.13. The van der Waals surface area contributed by atoms with Crippen molar-refractivity contribution in [1.29, 1.82) is 0 Å². The summed E-state index contributed by atoms with van der Waals surface area (Å²) >= 11 is 0. The number of ether oxygens (including phenoxy) is 2. The number of fused-ring (bicyclic) bond motifs is 3. The van der Waals surface area contributed by atoms with Crippen LogP contribution >= 0.6 is 0 Å². The van der Waals surface area contributed by atoms with E-state index >= 15 is 0 Å². The van der Waals surface area contributed by atoms with Crippen LogP contribution in [0.2, 0.25) is 0 Å². The molecule has 1 saturated heterocycles. The molecule has 0 radical (unpaired) electrons. The summed E-state index contributed by atoms with van der Waals surface area (Å²) in [6, 6.07) is 0. The molecule has 0 unspecified atom stereocenters. The number of aliphatic hydroxyl groups excluding tert-OH is 1. The molecule has 6 heteroatoms. The van der Waals surface area contributed by atoms with Crippen molar-refractivity contribution in [3.05, 3.63) is 12.7 Å². The molecule has 2 aliphatic carbocycles. The lowest BCUT2D eigenvalue weighted by Gasteiger charge is -2.67. The molecule has 3 rings (SSSR count). The Morgan fingerprint density at radius 1 is 1.27 bits per heavy atom. The van der Waals surface area contributed by atoms with Crippen molar-refractivity contribution in [2.24, 2.45) is 22.7 Å². The third kappa shape index (κ3) is 3.55. The van der Waals surface area contributed by atoms with Gasteiger partial charge in [0.15, 0.2) is 6.10 Å². The molecule has 1 aliphatic heterocycles. The molecule has 170 valence electrons. The molecule has 0 aromatic carbocycles. The number of hydrogen-bond donors (Lipinski definition) is 1. The van der Waals surface area contributed by atoms with Gasteiger partial charge in [-0.3, -0.25) is 14.5 Å². The van der Waals surface area contributed by atoms with Crippen LogP contribution in [0.1, 0.15) is 60.3 Å². The van der Waals surface area contributed by atoms with E-state index < -0.39 is 40.7 Å². The lowest BCUT2D eigenvalue weighted by Crippen LogP contribution is -2.75. The molecule has 0 aromatic rings. The average molecular weight is 422 g/mol. The van der Waals surface area contributed by atoms with Gasteiger partial charge in [-0.05, 0) is 57.5 Å². The van der Waals surface area contributed by atoms with Gasteiger partial charge < -0.3 is 14.6 Å². The van der Waals surface area contributed by atoms with Crippen LogP contribution in [0.25, 0.3) is 0 Å². The van der Waals surface area contributed by atoms with Crippen LogP contribution in [0.5, 0.6) is 0 Å². The van der Waals surface area contributed by atoms with Crippen molar-refractivity contribution in [1.82, 2.24) is 4.90 Å². The van der Waals surface area contributed by atoms with Crippen LogP contribution in [0.15, 0.2) is 12.7 Å². The number of aliphatic hydroxyl groups is 1. The summed E-state index contributed by atoms with van der Waals surface area (Å²) in [5.41, 5.74) is -2.60. The summed E-state index contributed by atoms with van der Waals surface area (Å²) in [4.78, 5) is 28.0. The maximum atomic E-state index is 13.6. The summed E-state index contributed by atoms with van der Waals surface area (Å²) in [6.07, 6.45) is 2.86. The zero-order valence-electron chi connectivity index (χ0n) is 19.7. The van der Waals surface area contributed by atoms with Gasteiger partial charge in [0.05, 0.1) is 24.2 Å². The topological polar surface area (TPSA) is 76.1 Å². The second-order valence-corrected chi connectivity index (χ2v) is 11.3. The van der Waals surface area contributed by atoms with E-state index in [9.17, 15) is 14.7 Å². The second-order valence-electron chi connectivity index (χ2n) is 11.3. The Morgan fingerprint density at radius 3 is 2.47 bits per heavy atom. The predicted octanol–water partition coefficient (Wildman–Crippen LogP) is 2.98. The Balaban J connectivity index is 2.13. The Labute approximate surface area is 181 Å². The molecule has 2 saturated carbocycles. The number of ketones is 1. The fourth-order valence-corrected chi connectivity index (χ4v) is 7.17. The number of Topliss-reactive ketones (excluding diaryl/α,β-unsaturated/α-hetero) is 1. The van der Waals surface area contributed by atoms with Gasteiger partial charge in [0.25, 0.3) is 0 Å². The molecule has 1 heterocycles. The van der Waals surface area contributed by atoms with Crippen molar-refractivity contribution in [2.45, 2.75) is 83.7 Å². The van der Waals surface area contributed by atoms with Crippen molar-refractivity contribution >= 4 is 11.8 Å². The van der Waals surface area contributed by atoms with Crippen molar-refractivity contribution in [2.75, 3.05) is 20.6 Å². The van der Waals surface area contributed by atoms with Gasteiger partial charge in [-0.15, -0.1) is 6.58 Å². The molecule has 7 atom stereocenters. The highest BCUT2D eigenvalue weighted by atomic mass is 16.6. The zero-order valence-corrected chi connectivity index (χ0v) is 19.7. The standard InChI is InChI=1S/C24H39NO5/c1-9-22(4)13-15(26)18-23(5)12-10-11-21(2,3)19(23)17(28)20(24(18,6)30-22)29-16(27)14-25(7)8/h9,17-20,28H,1,10-14H2,2-8H3/t17-,18+,19-,20-,22-,23+,24-/m0/s1. The highest BCUT2D eigenvalue weighted by molar-refractivity contribution is 5.86. The van der Waals surface area contributed by atoms with Crippen molar-refractivity contribution in [3.8, 4) is 0 Å². The van der Waals surface area contributed by atoms with Crippen molar-refractivity contribution < 1.29 is 24.2 Å². The second kappa shape index (κ2) is 7.42. The van der Waals surface area contributed by atoms with Crippen LogP contribution < -0.4 is 0 Å². The van der Waals surface area contributed by atoms with Crippen LogP contribution in [-0.2, 0) is 19.1 Å². The molecule has 30 heavy (non-hydrogen) atoms. The van der Waals surface area contributed by atoms with E-state index in [2.05, 4.69) is 27.4 Å². The van der Waals surface area contributed by atoms with Crippen LogP contribution in [-0.4, -0.2) is 65.8 Å². The first-order chi connectivity index (χ1) is 13.7. The average Bonchev–Trinajstić information content (AvgIpc) is 2.56. The zero-order chi connectivity index (χ0) is 22.7. The number of carbonyl (C=O) groups excluding carboxylic acids is 2. The van der Waals surface area contributed by atoms with E-state index in [1.807, 2.05) is 13.8 Å². The molecule has 0 spiro atoms. The molecule has 0 bridgehead atoms. The first-order valence-corrected chi connectivity index (χ1v) is 11.1. The van der Waals surface area contributed by atoms with Crippen LogP contribution in [0, 0.1) is 22.7 Å². The molecule has 0 aromatic heterocycles. The Hall–Kier alpha value is -1.24. The molecule has 3 fully saturated rings. The molecular formula is C24H39NO5. The summed E-state index contributed by atoms with van der Waals surface area (Å²) in [7, 11) is 3.58. The molecule has 3 aliphatic rings. The van der Waals surface area contributed by atoms with Crippen molar-refractivity contribution in [3.63, 3.8) is 0 Å². The maximum absolute atomic E-state index is 13.6.